The molecule has 3 amide bonds. The number of aromatic nitrogens is 2. The Balaban J connectivity index is 1.72. The van der Waals surface area contributed by atoms with Crippen molar-refractivity contribution in [2.45, 2.75) is 19.4 Å². The van der Waals surface area contributed by atoms with E-state index < -0.39 is 6.03 Å². The number of primary amides is 1. The molecule has 3 rings (SSSR count). The Kier molecular flexibility index (Phi) is 4.44. The number of nitrogens with one attached hydrogen (secondary N) is 1. The number of urea groups is 1. The van der Waals surface area contributed by atoms with Crippen molar-refractivity contribution < 1.29 is 9.59 Å². The maximum absolute atomic E-state index is 12.5. The van der Waals surface area contributed by atoms with Crippen molar-refractivity contribution >= 4 is 23.5 Å². The fourth-order valence-corrected chi connectivity index (χ4v) is 2.88. The van der Waals surface area contributed by atoms with E-state index in [0.29, 0.717) is 35.8 Å². The zero-order valence-corrected chi connectivity index (χ0v) is 14.0. The fraction of sp³-hybridized carbons (Fsp3) is 0.312. The van der Waals surface area contributed by atoms with Crippen molar-refractivity contribution in [2.24, 2.45) is 5.73 Å². The van der Waals surface area contributed by atoms with Crippen molar-refractivity contribution in [1.29, 1.82) is 0 Å². The predicted octanol–water partition coefficient (Wildman–Crippen LogP) is 1.72. The molecule has 0 radical (unpaired) electrons. The van der Waals surface area contributed by atoms with E-state index in [1.807, 2.05) is 12.1 Å². The summed E-state index contributed by atoms with van der Waals surface area (Å²) < 4.78 is 1.64. The summed E-state index contributed by atoms with van der Waals surface area (Å²) in [5.41, 5.74) is 7.21. The van der Waals surface area contributed by atoms with Crippen LogP contribution in [0.4, 0.5) is 4.79 Å². The van der Waals surface area contributed by atoms with Crippen LogP contribution in [0.5, 0.6) is 0 Å². The first-order chi connectivity index (χ1) is 11.4. The Morgan fingerprint density at radius 2 is 2.04 bits per heavy atom. The van der Waals surface area contributed by atoms with E-state index in [2.05, 4.69) is 10.4 Å². The summed E-state index contributed by atoms with van der Waals surface area (Å²) >= 11 is 5.88. The van der Waals surface area contributed by atoms with Crippen LogP contribution in [0.1, 0.15) is 22.5 Å². The summed E-state index contributed by atoms with van der Waals surface area (Å²) in [6, 6.07) is 6.65. The highest BCUT2D eigenvalue weighted by Crippen LogP contribution is 2.16. The monoisotopic (exact) mass is 347 g/mol. The number of nitrogens with zero attached hydrogens (tertiary/aromatic N) is 3. The number of nitrogens with two attached hydrogens (primary N) is 1. The maximum Gasteiger partial charge on any atom is 0.314 e. The van der Waals surface area contributed by atoms with E-state index in [1.54, 1.807) is 29.9 Å². The third kappa shape index (κ3) is 3.35. The normalized spacial score (nSPS) is 17.1. The molecule has 0 aliphatic carbocycles. The molecule has 7 nitrogen and oxygen atoms in total. The van der Waals surface area contributed by atoms with Gasteiger partial charge < -0.3 is 16.0 Å². The molecule has 24 heavy (non-hydrogen) atoms. The second kappa shape index (κ2) is 6.52. The van der Waals surface area contributed by atoms with E-state index in [0.717, 1.165) is 5.69 Å². The van der Waals surface area contributed by atoms with Gasteiger partial charge in [-0.2, -0.15) is 5.10 Å². The first kappa shape index (κ1) is 16.3. The number of aryl methyl sites for hydroxylation is 1. The van der Waals surface area contributed by atoms with Crippen LogP contribution in [0, 0.1) is 6.92 Å². The fourth-order valence-electron chi connectivity index (χ4n) is 2.75. The minimum atomic E-state index is -0.460. The van der Waals surface area contributed by atoms with Crippen molar-refractivity contribution in [1.82, 2.24) is 20.0 Å². The first-order valence-corrected chi connectivity index (χ1v) is 7.99. The molecule has 0 spiro atoms. The second-order valence-corrected chi connectivity index (χ2v) is 6.23. The molecule has 3 N–H and O–H groups in total. The van der Waals surface area contributed by atoms with Gasteiger partial charge in [0.2, 0.25) is 0 Å². The highest BCUT2D eigenvalue weighted by Gasteiger charge is 2.27. The highest BCUT2D eigenvalue weighted by atomic mass is 35.5. The number of hydrogen-bond acceptors (Lipinski definition) is 3. The average molecular weight is 348 g/mol. The molecule has 1 atom stereocenters. The summed E-state index contributed by atoms with van der Waals surface area (Å²) in [6.07, 6.45) is 2.38. The van der Waals surface area contributed by atoms with E-state index in [-0.39, 0.29) is 11.9 Å². The molecule has 1 saturated heterocycles. The van der Waals surface area contributed by atoms with Crippen LogP contribution in [-0.4, -0.2) is 45.8 Å². The topological polar surface area (TPSA) is 93.2 Å². The van der Waals surface area contributed by atoms with Crippen LogP contribution >= 0.6 is 11.6 Å². The quantitative estimate of drug-likeness (QED) is 0.885. The standard InChI is InChI=1S/C16H18ClN5O2/c1-10-14(9-22(20-10)13-4-2-11(17)3-5-13)15(23)19-12-6-7-21(8-12)16(18)24/h2-5,9,12H,6-8H2,1H3,(H2,18,24)(H,19,23)/t12-/m1/s1. The third-order valence-electron chi connectivity index (χ3n) is 4.07. The molecule has 2 heterocycles. The van der Waals surface area contributed by atoms with E-state index in [9.17, 15) is 9.59 Å². The Morgan fingerprint density at radius 3 is 2.67 bits per heavy atom. The number of carbonyl (C=O) groups is 2. The molecule has 2 aromatic rings. The molecule has 1 aromatic heterocycles. The zero-order valence-electron chi connectivity index (χ0n) is 13.2. The lowest BCUT2D eigenvalue weighted by atomic mass is 10.2. The number of amides is 3. The van der Waals surface area contributed by atoms with Crippen LogP contribution in [0.25, 0.3) is 5.69 Å². The van der Waals surface area contributed by atoms with Crippen LogP contribution in [0.3, 0.4) is 0 Å². The Hall–Kier alpha value is -2.54. The summed E-state index contributed by atoms with van der Waals surface area (Å²) in [6.45, 7) is 2.78. The predicted molar refractivity (Wildman–Crippen MR) is 90.3 cm³/mol. The molecule has 0 unspecified atom stereocenters. The van der Waals surface area contributed by atoms with Gasteiger partial charge in [-0.3, -0.25) is 4.79 Å². The number of halogens is 1. The van der Waals surface area contributed by atoms with Crippen molar-refractivity contribution in [3.8, 4) is 5.69 Å². The molecule has 0 saturated carbocycles. The number of rotatable bonds is 3. The number of benzene rings is 1. The lowest BCUT2D eigenvalue weighted by Crippen LogP contribution is -2.40. The summed E-state index contributed by atoms with van der Waals surface area (Å²) in [5.74, 6) is -0.205. The molecule has 126 valence electrons. The largest absolute Gasteiger partial charge is 0.351 e. The van der Waals surface area contributed by atoms with Crippen molar-refractivity contribution in [3.63, 3.8) is 0 Å². The molecule has 0 bridgehead atoms. The van der Waals surface area contributed by atoms with E-state index in [4.69, 9.17) is 17.3 Å². The molecule has 1 fully saturated rings. The van der Waals surface area contributed by atoms with Gasteiger partial charge in [0.1, 0.15) is 0 Å². The molecule has 1 aliphatic heterocycles. The van der Waals surface area contributed by atoms with Gasteiger partial charge in [-0.05, 0) is 37.6 Å². The van der Waals surface area contributed by atoms with Gasteiger partial charge >= 0.3 is 6.03 Å². The summed E-state index contributed by atoms with van der Waals surface area (Å²) in [7, 11) is 0. The van der Waals surface area contributed by atoms with E-state index in [1.165, 1.54) is 4.90 Å². The first-order valence-electron chi connectivity index (χ1n) is 7.61. The van der Waals surface area contributed by atoms with Gasteiger partial charge in [0.05, 0.1) is 16.9 Å². The van der Waals surface area contributed by atoms with Crippen LogP contribution < -0.4 is 11.1 Å². The minimum absolute atomic E-state index is 0.0942. The highest BCUT2D eigenvalue weighted by molar-refractivity contribution is 6.30. The summed E-state index contributed by atoms with van der Waals surface area (Å²) in [4.78, 5) is 25.2. The van der Waals surface area contributed by atoms with Crippen LogP contribution in [0.15, 0.2) is 30.5 Å². The zero-order chi connectivity index (χ0) is 17.3. The minimum Gasteiger partial charge on any atom is -0.351 e. The second-order valence-electron chi connectivity index (χ2n) is 5.79. The SMILES string of the molecule is Cc1nn(-c2ccc(Cl)cc2)cc1C(=O)N[C@@H]1CCN(C(N)=O)C1. The van der Waals surface area contributed by atoms with Gasteiger partial charge in [0.25, 0.3) is 5.91 Å². The molecular weight excluding hydrogens is 330 g/mol. The van der Waals surface area contributed by atoms with Gasteiger partial charge in [0, 0.05) is 30.4 Å². The number of hydrogen-bond donors (Lipinski definition) is 2. The molecule has 1 aliphatic rings. The van der Waals surface area contributed by atoms with Gasteiger partial charge in [-0.1, -0.05) is 11.6 Å². The number of carbonyl (C=O) groups excluding carboxylic acids is 2. The van der Waals surface area contributed by atoms with Gasteiger partial charge in [0.15, 0.2) is 0 Å². The van der Waals surface area contributed by atoms with Crippen molar-refractivity contribution in [2.75, 3.05) is 13.1 Å². The van der Waals surface area contributed by atoms with Gasteiger partial charge in [-0.25, -0.2) is 9.48 Å². The molecule has 8 heteroatoms. The Labute approximate surface area is 144 Å². The lowest BCUT2D eigenvalue weighted by molar-refractivity contribution is 0.0937. The summed E-state index contributed by atoms with van der Waals surface area (Å²) in [5, 5.41) is 7.95. The lowest BCUT2D eigenvalue weighted by Gasteiger charge is -2.14. The average Bonchev–Trinajstić information content (AvgIpc) is 3.15. The molecule has 1 aromatic carbocycles. The maximum atomic E-state index is 12.5. The number of likely N-dealkylation sites (tertiary alicyclic amines) is 1. The molecular formula is C16H18ClN5O2. The van der Waals surface area contributed by atoms with Crippen molar-refractivity contribution in [3.05, 3.63) is 46.7 Å². The Bertz CT molecular complexity index is 771. The smallest absolute Gasteiger partial charge is 0.314 e. The third-order valence-corrected chi connectivity index (χ3v) is 4.32. The van der Waals surface area contributed by atoms with Crippen LogP contribution in [0.2, 0.25) is 5.02 Å². The van der Waals surface area contributed by atoms with Gasteiger partial charge in [-0.15, -0.1) is 0 Å². The Morgan fingerprint density at radius 1 is 1.33 bits per heavy atom. The van der Waals surface area contributed by atoms with Crippen LogP contribution in [-0.2, 0) is 0 Å². The van der Waals surface area contributed by atoms with E-state index >= 15 is 0 Å².